The number of hydrogen-bond acceptors (Lipinski definition) is 5. The Morgan fingerprint density at radius 3 is 2.70 bits per heavy atom. The molecule has 0 aliphatic carbocycles. The van der Waals surface area contributed by atoms with Gasteiger partial charge in [0.2, 0.25) is 0 Å². The lowest BCUT2D eigenvalue weighted by atomic mass is 10.2. The van der Waals surface area contributed by atoms with Gasteiger partial charge in [-0.3, -0.25) is 4.68 Å². The molecule has 1 aromatic heterocycles. The maximum absolute atomic E-state index is 8.87. The van der Waals surface area contributed by atoms with Gasteiger partial charge in [0.15, 0.2) is 17.5 Å². The van der Waals surface area contributed by atoms with Crippen molar-refractivity contribution < 1.29 is 14.6 Å². The van der Waals surface area contributed by atoms with Crippen molar-refractivity contribution in [3.05, 3.63) is 41.7 Å². The molecule has 8 nitrogen and oxygen atoms in total. The summed E-state index contributed by atoms with van der Waals surface area (Å²) in [6, 6.07) is 7.62. The van der Waals surface area contributed by atoms with Crippen LogP contribution in [0.3, 0.4) is 0 Å². The fourth-order valence-corrected chi connectivity index (χ4v) is 2.35. The maximum atomic E-state index is 8.87. The quantitative estimate of drug-likeness (QED) is 0.282. The predicted molar refractivity (Wildman–Crippen MR) is 116 cm³/mol. The lowest BCUT2D eigenvalue weighted by molar-refractivity contribution is 0.196. The first-order chi connectivity index (χ1) is 12.7. The summed E-state index contributed by atoms with van der Waals surface area (Å²) in [5.41, 5.74) is 2.07. The van der Waals surface area contributed by atoms with E-state index in [1.54, 1.807) is 13.3 Å². The average Bonchev–Trinajstić information content (AvgIpc) is 3.07. The van der Waals surface area contributed by atoms with E-state index in [-0.39, 0.29) is 37.2 Å². The van der Waals surface area contributed by atoms with Crippen LogP contribution in [0.4, 0.5) is 0 Å². The SMILES string of the molecule is CCNC(=NCc1ccc(OCCO)c(OC)c1)NCc1ccnn1C.I. The standard InChI is InChI=1S/C18H27N5O3.HI/c1-4-19-18(21-13-15-7-8-22-23(15)2)20-12-14-5-6-16(26-10-9-24)17(11-14)25-3;/h5-8,11,24H,4,9-10,12-13H2,1-3H3,(H2,19,20,21);1H. The summed E-state index contributed by atoms with van der Waals surface area (Å²) < 4.78 is 12.6. The normalized spacial score (nSPS) is 10.9. The van der Waals surface area contributed by atoms with E-state index in [9.17, 15) is 0 Å². The monoisotopic (exact) mass is 489 g/mol. The van der Waals surface area contributed by atoms with Crippen LogP contribution >= 0.6 is 24.0 Å². The molecule has 3 N–H and O–H groups in total. The van der Waals surface area contributed by atoms with Gasteiger partial charge in [0, 0.05) is 19.8 Å². The van der Waals surface area contributed by atoms with E-state index in [2.05, 4.69) is 20.7 Å². The first kappa shape index (κ1) is 23.0. The van der Waals surface area contributed by atoms with Crippen molar-refractivity contribution >= 4 is 29.9 Å². The molecule has 9 heteroatoms. The summed E-state index contributed by atoms with van der Waals surface area (Å²) >= 11 is 0. The second-order valence-electron chi connectivity index (χ2n) is 5.55. The molecule has 150 valence electrons. The highest BCUT2D eigenvalue weighted by molar-refractivity contribution is 14.0. The topological polar surface area (TPSA) is 92.9 Å². The van der Waals surface area contributed by atoms with Gasteiger partial charge in [0.25, 0.3) is 0 Å². The van der Waals surface area contributed by atoms with E-state index >= 15 is 0 Å². The lowest BCUT2D eigenvalue weighted by Gasteiger charge is -2.13. The average molecular weight is 489 g/mol. The molecular weight excluding hydrogens is 461 g/mol. The number of aryl methyl sites for hydroxylation is 1. The Kier molecular flexibility index (Phi) is 10.6. The Balaban J connectivity index is 0.00000364. The van der Waals surface area contributed by atoms with E-state index in [0.717, 1.165) is 23.8 Å². The van der Waals surface area contributed by atoms with E-state index in [0.29, 0.717) is 24.6 Å². The van der Waals surface area contributed by atoms with Gasteiger partial charge in [0.1, 0.15) is 6.61 Å². The molecule has 0 bridgehead atoms. The zero-order chi connectivity index (χ0) is 18.8. The predicted octanol–water partition coefficient (Wildman–Crippen LogP) is 1.67. The number of hydrogen-bond donors (Lipinski definition) is 3. The molecule has 0 aliphatic heterocycles. The van der Waals surface area contributed by atoms with E-state index in [1.165, 1.54) is 0 Å². The minimum absolute atomic E-state index is 0. The molecule has 0 unspecified atom stereocenters. The minimum Gasteiger partial charge on any atom is -0.493 e. The summed E-state index contributed by atoms with van der Waals surface area (Å²) in [6.45, 7) is 4.13. The molecule has 0 saturated heterocycles. The highest BCUT2D eigenvalue weighted by Crippen LogP contribution is 2.28. The third kappa shape index (κ3) is 7.25. The summed E-state index contributed by atoms with van der Waals surface area (Å²) in [6.07, 6.45) is 1.77. The highest BCUT2D eigenvalue weighted by atomic mass is 127. The van der Waals surface area contributed by atoms with Crippen LogP contribution in [0.15, 0.2) is 35.5 Å². The molecule has 1 aromatic carbocycles. The number of aliphatic imine (C=N–C) groups is 1. The smallest absolute Gasteiger partial charge is 0.191 e. The van der Waals surface area contributed by atoms with Gasteiger partial charge in [-0.15, -0.1) is 24.0 Å². The van der Waals surface area contributed by atoms with Crippen molar-refractivity contribution in [3.8, 4) is 11.5 Å². The molecule has 0 spiro atoms. The number of rotatable bonds is 9. The third-order valence-electron chi connectivity index (χ3n) is 3.70. The van der Waals surface area contributed by atoms with Gasteiger partial charge < -0.3 is 25.2 Å². The van der Waals surface area contributed by atoms with E-state index in [1.807, 2.05) is 42.9 Å². The maximum Gasteiger partial charge on any atom is 0.191 e. The molecule has 0 saturated carbocycles. The van der Waals surface area contributed by atoms with Crippen LogP contribution in [0.25, 0.3) is 0 Å². The van der Waals surface area contributed by atoms with Gasteiger partial charge in [-0.2, -0.15) is 5.10 Å². The first-order valence-electron chi connectivity index (χ1n) is 8.57. The molecule has 2 rings (SSSR count). The van der Waals surface area contributed by atoms with Gasteiger partial charge in [-0.05, 0) is 30.7 Å². The van der Waals surface area contributed by atoms with Crippen LogP contribution in [0.2, 0.25) is 0 Å². The fraction of sp³-hybridized carbons (Fsp3) is 0.444. The summed E-state index contributed by atoms with van der Waals surface area (Å²) in [4.78, 5) is 4.61. The molecule has 0 fully saturated rings. The second-order valence-corrected chi connectivity index (χ2v) is 5.55. The van der Waals surface area contributed by atoms with Gasteiger partial charge >= 0.3 is 0 Å². The number of aromatic nitrogens is 2. The van der Waals surface area contributed by atoms with Crippen LogP contribution in [0.1, 0.15) is 18.2 Å². The Hall–Kier alpha value is -2.01. The Bertz CT molecular complexity index is 721. The number of halogens is 1. The van der Waals surface area contributed by atoms with E-state index < -0.39 is 0 Å². The zero-order valence-corrected chi connectivity index (χ0v) is 18.3. The molecule has 0 atom stereocenters. The summed E-state index contributed by atoms with van der Waals surface area (Å²) in [7, 11) is 3.50. The molecular formula is C18H28IN5O3. The molecule has 2 aromatic rings. The second kappa shape index (κ2) is 12.4. The number of nitrogens with one attached hydrogen (secondary N) is 2. The Morgan fingerprint density at radius 2 is 2.07 bits per heavy atom. The number of guanidine groups is 1. The van der Waals surface area contributed by atoms with Gasteiger partial charge in [-0.25, -0.2) is 4.99 Å². The van der Waals surface area contributed by atoms with Crippen molar-refractivity contribution in [1.29, 1.82) is 0 Å². The molecule has 1 heterocycles. The number of ether oxygens (including phenoxy) is 2. The van der Waals surface area contributed by atoms with Crippen LogP contribution in [0, 0.1) is 0 Å². The van der Waals surface area contributed by atoms with Crippen molar-refractivity contribution in [2.24, 2.45) is 12.0 Å². The number of methoxy groups -OCH3 is 1. The molecule has 0 amide bonds. The largest absolute Gasteiger partial charge is 0.493 e. The van der Waals surface area contributed by atoms with Crippen LogP contribution in [-0.2, 0) is 20.1 Å². The van der Waals surface area contributed by atoms with Crippen molar-refractivity contribution in [1.82, 2.24) is 20.4 Å². The molecule has 0 radical (unpaired) electrons. The number of aliphatic hydroxyl groups excluding tert-OH is 1. The van der Waals surface area contributed by atoms with Crippen LogP contribution in [0.5, 0.6) is 11.5 Å². The molecule has 0 aliphatic rings. The number of benzene rings is 1. The Morgan fingerprint density at radius 1 is 1.26 bits per heavy atom. The van der Waals surface area contributed by atoms with Crippen molar-refractivity contribution in [2.45, 2.75) is 20.0 Å². The molecule has 27 heavy (non-hydrogen) atoms. The van der Waals surface area contributed by atoms with Gasteiger partial charge in [-0.1, -0.05) is 6.07 Å². The zero-order valence-electron chi connectivity index (χ0n) is 15.9. The number of aliphatic hydroxyl groups is 1. The third-order valence-corrected chi connectivity index (χ3v) is 3.70. The van der Waals surface area contributed by atoms with Gasteiger partial charge in [0.05, 0.1) is 32.5 Å². The number of nitrogens with zero attached hydrogens (tertiary/aromatic N) is 3. The summed E-state index contributed by atoms with van der Waals surface area (Å²) in [5, 5.41) is 19.6. The Labute approximate surface area is 177 Å². The van der Waals surface area contributed by atoms with Crippen LogP contribution < -0.4 is 20.1 Å². The highest BCUT2D eigenvalue weighted by Gasteiger charge is 2.06. The first-order valence-corrected chi connectivity index (χ1v) is 8.57. The summed E-state index contributed by atoms with van der Waals surface area (Å²) in [5.74, 6) is 1.96. The fourth-order valence-electron chi connectivity index (χ4n) is 2.35. The minimum atomic E-state index is -0.0381. The van der Waals surface area contributed by atoms with Crippen molar-refractivity contribution in [3.63, 3.8) is 0 Å². The lowest BCUT2D eigenvalue weighted by Crippen LogP contribution is -2.37. The van der Waals surface area contributed by atoms with Crippen LogP contribution in [-0.4, -0.2) is 47.7 Å². The van der Waals surface area contributed by atoms with Crippen molar-refractivity contribution in [2.75, 3.05) is 26.9 Å². The van der Waals surface area contributed by atoms with E-state index in [4.69, 9.17) is 14.6 Å².